The number of benzene rings is 1. The third kappa shape index (κ3) is 4.16. The first-order valence-electron chi connectivity index (χ1n) is 7.20. The van der Waals surface area contributed by atoms with Crippen molar-refractivity contribution in [2.45, 2.75) is 57.4 Å². The summed E-state index contributed by atoms with van der Waals surface area (Å²) in [6, 6.07) is 11.7. The maximum absolute atomic E-state index is 3.68. The SMILES string of the molecule is CCCCCCCNC1CC1c1ccccc1. The summed E-state index contributed by atoms with van der Waals surface area (Å²) in [6.45, 7) is 3.48. The Bertz CT molecular complexity index is 307. The molecule has 0 aromatic heterocycles. The zero-order valence-electron chi connectivity index (χ0n) is 11.0. The van der Waals surface area contributed by atoms with Gasteiger partial charge in [-0.3, -0.25) is 0 Å². The van der Waals surface area contributed by atoms with Crippen LogP contribution in [0.1, 0.15) is 56.9 Å². The van der Waals surface area contributed by atoms with Gasteiger partial charge in [0.15, 0.2) is 0 Å². The molecule has 1 N–H and O–H groups in total. The predicted molar refractivity (Wildman–Crippen MR) is 74.3 cm³/mol. The van der Waals surface area contributed by atoms with Crippen LogP contribution in [-0.2, 0) is 0 Å². The number of hydrogen-bond acceptors (Lipinski definition) is 1. The summed E-state index contributed by atoms with van der Waals surface area (Å²) in [5, 5.41) is 3.68. The van der Waals surface area contributed by atoms with Crippen LogP contribution in [-0.4, -0.2) is 12.6 Å². The van der Waals surface area contributed by atoms with Crippen molar-refractivity contribution in [3.05, 3.63) is 35.9 Å². The molecule has 1 aliphatic carbocycles. The molecule has 2 atom stereocenters. The van der Waals surface area contributed by atoms with Crippen molar-refractivity contribution in [3.63, 3.8) is 0 Å². The zero-order chi connectivity index (χ0) is 11.9. The highest BCUT2D eigenvalue weighted by atomic mass is 15.0. The van der Waals surface area contributed by atoms with Crippen molar-refractivity contribution >= 4 is 0 Å². The fourth-order valence-electron chi connectivity index (χ4n) is 2.51. The fraction of sp³-hybridized carbons (Fsp3) is 0.625. The normalized spacial score (nSPS) is 22.6. The van der Waals surface area contributed by atoms with E-state index < -0.39 is 0 Å². The molecule has 1 aliphatic rings. The first kappa shape index (κ1) is 12.6. The minimum absolute atomic E-state index is 0.753. The molecule has 0 radical (unpaired) electrons. The van der Waals surface area contributed by atoms with E-state index in [1.165, 1.54) is 50.6 Å². The highest BCUT2D eigenvalue weighted by Gasteiger charge is 2.37. The number of nitrogens with one attached hydrogen (secondary N) is 1. The lowest BCUT2D eigenvalue weighted by atomic mass is 10.1. The van der Waals surface area contributed by atoms with E-state index in [2.05, 4.69) is 42.6 Å². The summed E-state index contributed by atoms with van der Waals surface area (Å²) in [5.74, 6) is 0.784. The molecule has 1 aromatic carbocycles. The highest BCUT2D eigenvalue weighted by molar-refractivity contribution is 5.27. The second-order valence-corrected chi connectivity index (χ2v) is 5.23. The Morgan fingerprint density at radius 2 is 1.82 bits per heavy atom. The van der Waals surface area contributed by atoms with Crippen LogP contribution in [0, 0.1) is 0 Å². The van der Waals surface area contributed by atoms with Crippen LogP contribution >= 0.6 is 0 Å². The summed E-state index contributed by atoms with van der Waals surface area (Å²) < 4.78 is 0. The van der Waals surface area contributed by atoms with Crippen molar-refractivity contribution in [2.24, 2.45) is 0 Å². The zero-order valence-corrected chi connectivity index (χ0v) is 11.0. The largest absolute Gasteiger partial charge is 0.313 e. The van der Waals surface area contributed by atoms with Gasteiger partial charge in [0.25, 0.3) is 0 Å². The maximum atomic E-state index is 3.68. The van der Waals surface area contributed by atoms with E-state index >= 15 is 0 Å². The highest BCUT2D eigenvalue weighted by Crippen LogP contribution is 2.40. The van der Waals surface area contributed by atoms with Gasteiger partial charge in [-0.15, -0.1) is 0 Å². The molecule has 1 saturated carbocycles. The Balaban J connectivity index is 1.55. The van der Waals surface area contributed by atoms with E-state index in [4.69, 9.17) is 0 Å². The molecule has 1 heteroatoms. The van der Waals surface area contributed by atoms with Gasteiger partial charge in [-0.05, 0) is 24.9 Å². The number of unbranched alkanes of at least 4 members (excludes halogenated alkanes) is 4. The first-order valence-corrected chi connectivity index (χ1v) is 7.20. The van der Waals surface area contributed by atoms with Crippen molar-refractivity contribution in [3.8, 4) is 0 Å². The van der Waals surface area contributed by atoms with Crippen LogP contribution in [0.4, 0.5) is 0 Å². The van der Waals surface area contributed by atoms with E-state index in [-0.39, 0.29) is 0 Å². The van der Waals surface area contributed by atoms with Gasteiger partial charge in [0.2, 0.25) is 0 Å². The summed E-state index contributed by atoms with van der Waals surface area (Å²) in [5.41, 5.74) is 1.51. The molecule has 17 heavy (non-hydrogen) atoms. The lowest BCUT2D eigenvalue weighted by Crippen LogP contribution is -2.19. The fourth-order valence-corrected chi connectivity index (χ4v) is 2.51. The predicted octanol–water partition coefficient (Wildman–Crippen LogP) is 4.10. The summed E-state index contributed by atoms with van der Waals surface area (Å²) in [4.78, 5) is 0. The van der Waals surface area contributed by atoms with Gasteiger partial charge >= 0.3 is 0 Å². The Labute approximate surface area is 106 Å². The molecule has 0 saturated heterocycles. The molecule has 2 unspecified atom stereocenters. The molecule has 0 heterocycles. The van der Waals surface area contributed by atoms with Crippen LogP contribution < -0.4 is 5.32 Å². The second kappa shape index (κ2) is 6.80. The Morgan fingerprint density at radius 1 is 1.06 bits per heavy atom. The van der Waals surface area contributed by atoms with Crippen LogP contribution in [0.2, 0.25) is 0 Å². The standard InChI is InChI=1S/C16H25N/c1-2-3-4-5-9-12-17-16-13-15(16)14-10-7-6-8-11-14/h6-8,10-11,15-17H,2-5,9,12-13H2,1H3. The molecule has 0 aliphatic heterocycles. The monoisotopic (exact) mass is 231 g/mol. The lowest BCUT2D eigenvalue weighted by Gasteiger charge is -2.04. The number of hydrogen-bond donors (Lipinski definition) is 1. The quantitative estimate of drug-likeness (QED) is 0.664. The van der Waals surface area contributed by atoms with E-state index in [1.807, 2.05) is 0 Å². The van der Waals surface area contributed by atoms with Gasteiger partial charge in [-0.25, -0.2) is 0 Å². The van der Waals surface area contributed by atoms with E-state index in [0.29, 0.717) is 0 Å². The van der Waals surface area contributed by atoms with Gasteiger partial charge in [-0.2, -0.15) is 0 Å². The van der Waals surface area contributed by atoms with Crippen molar-refractivity contribution < 1.29 is 0 Å². The van der Waals surface area contributed by atoms with Gasteiger partial charge in [-0.1, -0.05) is 62.9 Å². The molecule has 2 rings (SSSR count). The van der Waals surface area contributed by atoms with Crippen molar-refractivity contribution in [2.75, 3.05) is 6.54 Å². The minimum Gasteiger partial charge on any atom is -0.313 e. The smallest absolute Gasteiger partial charge is 0.0143 e. The molecule has 1 nitrogen and oxygen atoms in total. The van der Waals surface area contributed by atoms with E-state index in [1.54, 1.807) is 0 Å². The molecule has 1 aromatic rings. The van der Waals surface area contributed by atoms with Gasteiger partial charge < -0.3 is 5.32 Å². The Kier molecular flexibility index (Phi) is 5.06. The van der Waals surface area contributed by atoms with E-state index in [9.17, 15) is 0 Å². The third-order valence-electron chi connectivity index (χ3n) is 3.71. The number of rotatable bonds is 8. The summed E-state index contributed by atoms with van der Waals surface area (Å²) >= 11 is 0. The molecular weight excluding hydrogens is 206 g/mol. The van der Waals surface area contributed by atoms with Crippen LogP contribution in [0.3, 0.4) is 0 Å². The second-order valence-electron chi connectivity index (χ2n) is 5.23. The summed E-state index contributed by atoms with van der Waals surface area (Å²) in [7, 11) is 0. The van der Waals surface area contributed by atoms with Crippen LogP contribution in [0.15, 0.2) is 30.3 Å². The lowest BCUT2D eigenvalue weighted by molar-refractivity contribution is 0.577. The van der Waals surface area contributed by atoms with Gasteiger partial charge in [0, 0.05) is 12.0 Å². The molecular formula is C16H25N. The van der Waals surface area contributed by atoms with E-state index in [0.717, 1.165) is 12.0 Å². The first-order chi connectivity index (χ1) is 8.42. The molecule has 1 fully saturated rings. The average molecular weight is 231 g/mol. The Morgan fingerprint density at radius 3 is 2.59 bits per heavy atom. The van der Waals surface area contributed by atoms with Crippen molar-refractivity contribution in [1.29, 1.82) is 0 Å². The maximum Gasteiger partial charge on any atom is 0.0143 e. The molecule has 0 spiro atoms. The molecule has 0 bridgehead atoms. The van der Waals surface area contributed by atoms with Crippen LogP contribution in [0.25, 0.3) is 0 Å². The Hall–Kier alpha value is -0.820. The third-order valence-corrected chi connectivity index (χ3v) is 3.71. The van der Waals surface area contributed by atoms with Gasteiger partial charge in [0.1, 0.15) is 0 Å². The minimum atomic E-state index is 0.753. The van der Waals surface area contributed by atoms with Gasteiger partial charge in [0.05, 0.1) is 0 Å². The van der Waals surface area contributed by atoms with Crippen LogP contribution in [0.5, 0.6) is 0 Å². The van der Waals surface area contributed by atoms with Crippen molar-refractivity contribution in [1.82, 2.24) is 5.32 Å². The molecule has 0 amide bonds. The summed E-state index contributed by atoms with van der Waals surface area (Å²) in [6.07, 6.45) is 8.22. The topological polar surface area (TPSA) is 12.0 Å². The molecule has 94 valence electrons. The average Bonchev–Trinajstić information content (AvgIpc) is 3.14.